The Bertz CT molecular complexity index is 742. The van der Waals surface area contributed by atoms with Crippen LogP contribution in [0.4, 0.5) is 10.1 Å². The summed E-state index contributed by atoms with van der Waals surface area (Å²) in [6.07, 6.45) is 1.46. The van der Waals surface area contributed by atoms with E-state index in [1.54, 1.807) is 13.0 Å². The highest BCUT2D eigenvalue weighted by atomic mass is 19.1. The second kappa shape index (κ2) is 6.84. The fourth-order valence-corrected chi connectivity index (χ4v) is 2.66. The summed E-state index contributed by atoms with van der Waals surface area (Å²) in [6.45, 7) is 3.14. The summed E-state index contributed by atoms with van der Waals surface area (Å²) in [5.74, 6) is -0.765. The van der Waals surface area contributed by atoms with Crippen molar-refractivity contribution in [2.75, 3.05) is 25.0 Å². The lowest BCUT2D eigenvalue weighted by Gasteiger charge is -2.34. The number of nitrogens with zero attached hydrogens (tertiary/aromatic N) is 1. The van der Waals surface area contributed by atoms with Gasteiger partial charge in [-0.1, -0.05) is 0 Å². The second-order valence-corrected chi connectivity index (χ2v) is 5.65. The van der Waals surface area contributed by atoms with Crippen LogP contribution in [0.1, 0.15) is 16.1 Å². The van der Waals surface area contributed by atoms with Gasteiger partial charge in [-0.25, -0.2) is 4.39 Å². The van der Waals surface area contributed by atoms with Crippen LogP contribution in [-0.4, -0.2) is 42.4 Å². The number of piperazine rings is 1. The van der Waals surface area contributed by atoms with E-state index in [1.807, 2.05) is 0 Å². The third-order valence-electron chi connectivity index (χ3n) is 3.97. The molecule has 1 aromatic carbocycles. The number of nitrogens with one attached hydrogen (secondary N) is 2. The maximum atomic E-state index is 13.0. The number of aryl methyl sites for hydroxylation is 1. The van der Waals surface area contributed by atoms with Gasteiger partial charge in [0.05, 0.1) is 6.26 Å². The largest absolute Gasteiger partial charge is 0.459 e. The molecule has 1 aliphatic heterocycles. The van der Waals surface area contributed by atoms with E-state index < -0.39 is 6.04 Å². The quantitative estimate of drug-likeness (QED) is 0.899. The smallest absolute Gasteiger partial charge is 0.290 e. The summed E-state index contributed by atoms with van der Waals surface area (Å²) < 4.78 is 18.2. The van der Waals surface area contributed by atoms with Gasteiger partial charge in [0.15, 0.2) is 5.76 Å². The van der Waals surface area contributed by atoms with E-state index in [4.69, 9.17) is 4.42 Å². The molecule has 1 aliphatic rings. The van der Waals surface area contributed by atoms with Crippen LogP contribution in [0, 0.1) is 12.7 Å². The molecule has 0 radical (unpaired) electrons. The van der Waals surface area contributed by atoms with Gasteiger partial charge < -0.3 is 20.0 Å². The van der Waals surface area contributed by atoms with Crippen molar-refractivity contribution in [2.24, 2.45) is 0 Å². The SMILES string of the molecule is Cc1ccoc1C(=O)N1CCNC[C@H]1C(=O)Nc1ccc(F)cc1. The second-order valence-electron chi connectivity index (χ2n) is 5.65. The number of furan rings is 1. The number of anilines is 1. The molecule has 0 spiro atoms. The summed E-state index contributed by atoms with van der Waals surface area (Å²) >= 11 is 0. The van der Waals surface area contributed by atoms with Gasteiger partial charge >= 0.3 is 0 Å². The van der Waals surface area contributed by atoms with E-state index in [0.29, 0.717) is 25.3 Å². The van der Waals surface area contributed by atoms with Crippen molar-refractivity contribution in [3.8, 4) is 0 Å². The summed E-state index contributed by atoms with van der Waals surface area (Å²) in [7, 11) is 0. The van der Waals surface area contributed by atoms with E-state index in [9.17, 15) is 14.0 Å². The van der Waals surface area contributed by atoms with Crippen molar-refractivity contribution in [2.45, 2.75) is 13.0 Å². The van der Waals surface area contributed by atoms with Gasteiger partial charge in [0.2, 0.25) is 5.91 Å². The van der Waals surface area contributed by atoms with E-state index in [0.717, 1.165) is 5.56 Å². The molecule has 2 N–H and O–H groups in total. The standard InChI is InChI=1S/C17H18FN3O3/c1-11-6-9-24-15(11)17(23)21-8-7-19-10-14(21)16(22)20-13-4-2-12(18)3-5-13/h2-6,9,14,19H,7-8,10H2,1H3,(H,20,22)/t14-/m0/s1. The molecule has 7 heteroatoms. The van der Waals surface area contributed by atoms with Crippen LogP contribution in [0.5, 0.6) is 0 Å². The first-order chi connectivity index (χ1) is 11.6. The van der Waals surface area contributed by atoms with Crippen molar-refractivity contribution in [3.63, 3.8) is 0 Å². The molecule has 6 nitrogen and oxygen atoms in total. The number of rotatable bonds is 3. The fraction of sp³-hybridized carbons (Fsp3) is 0.294. The molecule has 1 fully saturated rings. The van der Waals surface area contributed by atoms with Crippen molar-refractivity contribution in [1.29, 1.82) is 0 Å². The number of amides is 2. The Labute approximate surface area is 138 Å². The minimum atomic E-state index is -0.666. The Morgan fingerprint density at radius 2 is 2.04 bits per heavy atom. The molecule has 24 heavy (non-hydrogen) atoms. The number of hydrogen-bond donors (Lipinski definition) is 2. The van der Waals surface area contributed by atoms with E-state index >= 15 is 0 Å². The number of carbonyl (C=O) groups is 2. The Balaban J connectivity index is 1.76. The van der Waals surface area contributed by atoms with Crippen LogP contribution >= 0.6 is 0 Å². The highest BCUT2D eigenvalue weighted by Gasteiger charge is 2.34. The molecule has 126 valence electrons. The van der Waals surface area contributed by atoms with Crippen molar-refractivity contribution < 1.29 is 18.4 Å². The normalized spacial score (nSPS) is 17.6. The molecule has 3 rings (SSSR count). The maximum Gasteiger partial charge on any atom is 0.290 e. The van der Waals surface area contributed by atoms with Crippen LogP contribution in [0.15, 0.2) is 41.0 Å². The molecular formula is C17H18FN3O3. The molecule has 1 atom stereocenters. The minimum absolute atomic E-state index is 0.247. The summed E-state index contributed by atoms with van der Waals surface area (Å²) in [5, 5.41) is 5.82. The third-order valence-corrected chi connectivity index (χ3v) is 3.97. The van der Waals surface area contributed by atoms with Crippen LogP contribution in [-0.2, 0) is 4.79 Å². The number of halogens is 1. The summed E-state index contributed by atoms with van der Waals surface area (Å²) in [5.41, 5.74) is 1.21. The zero-order valence-corrected chi connectivity index (χ0v) is 13.2. The Morgan fingerprint density at radius 3 is 2.71 bits per heavy atom. The van der Waals surface area contributed by atoms with Crippen LogP contribution in [0.25, 0.3) is 0 Å². The predicted octanol–water partition coefficient (Wildman–Crippen LogP) is 1.78. The van der Waals surface area contributed by atoms with Crippen LogP contribution < -0.4 is 10.6 Å². The molecule has 2 aromatic rings. The van der Waals surface area contributed by atoms with Crippen molar-refractivity contribution in [1.82, 2.24) is 10.2 Å². The molecule has 0 aliphatic carbocycles. The topological polar surface area (TPSA) is 74.6 Å². The average molecular weight is 331 g/mol. The summed E-state index contributed by atoms with van der Waals surface area (Å²) in [4.78, 5) is 26.7. The van der Waals surface area contributed by atoms with Gasteiger partial charge in [0.25, 0.3) is 5.91 Å². The first-order valence-corrected chi connectivity index (χ1v) is 7.68. The number of carbonyl (C=O) groups excluding carboxylic acids is 2. The molecule has 1 saturated heterocycles. The van der Waals surface area contributed by atoms with Gasteiger partial charge in [-0.2, -0.15) is 0 Å². The van der Waals surface area contributed by atoms with Crippen molar-refractivity contribution >= 4 is 17.5 Å². The van der Waals surface area contributed by atoms with Gasteiger partial charge in [0.1, 0.15) is 11.9 Å². The van der Waals surface area contributed by atoms with Gasteiger partial charge in [-0.15, -0.1) is 0 Å². The van der Waals surface area contributed by atoms with Gasteiger partial charge in [0, 0.05) is 30.9 Å². The van der Waals surface area contributed by atoms with Crippen molar-refractivity contribution in [3.05, 3.63) is 53.7 Å². The Morgan fingerprint density at radius 1 is 1.29 bits per heavy atom. The monoisotopic (exact) mass is 331 g/mol. The molecule has 1 aromatic heterocycles. The fourth-order valence-electron chi connectivity index (χ4n) is 2.66. The lowest BCUT2D eigenvalue weighted by atomic mass is 10.1. The van der Waals surface area contributed by atoms with E-state index in [1.165, 1.54) is 35.4 Å². The molecule has 2 amide bonds. The minimum Gasteiger partial charge on any atom is -0.459 e. The van der Waals surface area contributed by atoms with Crippen LogP contribution in [0.2, 0.25) is 0 Å². The molecule has 2 heterocycles. The Hall–Kier alpha value is -2.67. The molecular weight excluding hydrogens is 313 g/mol. The first-order valence-electron chi connectivity index (χ1n) is 7.68. The molecule has 0 saturated carbocycles. The molecule has 0 unspecified atom stereocenters. The maximum absolute atomic E-state index is 13.0. The summed E-state index contributed by atoms with van der Waals surface area (Å²) in [6, 6.07) is 6.54. The van der Waals surface area contributed by atoms with Gasteiger partial charge in [-0.3, -0.25) is 9.59 Å². The third kappa shape index (κ3) is 3.30. The highest BCUT2D eigenvalue weighted by Crippen LogP contribution is 2.17. The van der Waals surface area contributed by atoms with Crippen LogP contribution in [0.3, 0.4) is 0 Å². The highest BCUT2D eigenvalue weighted by molar-refractivity contribution is 6.00. The number of hydrogen-bond acceptors (Lipinski definition) is 4. The lowest BCUT2D eigenvalue weighted by Crippen LogP contribution is -2.58. The number of benzene rings is 1. The first kappa shape index (κ1) is 16.2. The Kier molecular flexibility index (Phi) is 4.61. The molecule has 0 bridgehead atoms. The predicted molar refractivity (Wildman–Crippen MR) is 86.2 cm³/mol. The van der Waals surface area contributed by atoms with Gasteiger partial charge in [-0.05, 0) is 37.3 Å². The average Bonchev–Trinajstić information content (AvgIpc) is 3.02. The zero-order chi connectivity index (χ0) is 17.1. The van der Waals surface area contributed by atoms with E-state index in [2.05, 4.69) is 10.6 Å². The zero-order valence-electron chi connectivity index (χ0n) is 13.2. The lowest BCUT2D eigenvalue weighted by molar-refractivity contribution is -0.121. The van der Waals surface area contributed by atoms with E-state index in [-0.39, 0.29) is 23.4 Å².